The Morgan fingerprint density at radius 1 is 1.00 bits per heavy atom. The van der Waals surface area contributed by atoms with Crippen molar-refractivity contribution in [2.75, 3.05) is 17.2 Å². The fraction of sp³-hybridized carbons (Fsp3) is 0.0800. The first-order chi connectivity index (χ1) is 17.4. The van der Waals surface area contributed by atoms with E-state index in [2.05, 4.69) is 20.6 Å². The molecule has 0 fully saturated rings. The van der Waals surface area contributed by atoms with Gasteiger partial charge in [-0.2, -0.15) is 0 Å². The van der Waals surface area contributed by atoms with Gasteiger partial charge in [0.1, 0.15) is 17.3 Å². The molecule has 10 nitrogen and oxygen atoms in total. The van der Waals surface area contributed by atoms with Gasteiger partial charge in [0.25, 0.3) is 17.4 Å². The van der Waals surface area contributed by atoms with E-state index in [9.17, 15) is 19.5 Å². The summed E-state index contributed by atoms with van der Waals surface area (Å²) in [5.41, 5.74) is 6.22. The summed E-state index contributed by atoms with van der Waals surface area (Å²) in [5.74, 6) is -1.19. The molecule has 2 amide bonds. The maximum Gasteiger partial charge on any atom is 0.277 e. The zero-order valence-corrected chi connectivity index (χ0v) is 19.6. The van der Waals surface area contributed by atoms with Crippen molar-refractivity contribution >= 4 is 34.9 Å². The van der Waals surface area contributed by atoms with Crippen LogP contribution in [0.15, 0.2) is 78.0 Å². The molecule has 5 N–H and O–H groups in total. The normalized spacial score (nSPS) is 10.6. The number of aromatic hydroxyl groups is 1. The van der Waals surface area contributed by atoms with Gasteiger partial charge in [-0.1, -0.05) is 29.8 Å². The van der Waals surface area contributed by atoms with Crippen molar-refractivity contribution in [2.45, 2.75) is 6.54 Å². The number of halogens is 1. The molecule has 4 aromatic rings. The Kier molecular flexibility index (Phi) is 7.38. The molecule has 2 aromatic carbocycles. The van der Waals surface area contributed by atoms with Crippen LogP contribution in [0.4, 0.5) is 11.5 Å². The van der Waals surface area contributed by atoms with Gasteiger partial charge in [0.15, 0.2) is 0 Å². The van der Waals surface area contributed by atoms with Crippen molar-refractivity contribution in [3.8, 4) is 17.0 Å². The predicted molar refractivity (Wildman–Crippen MR) is 136 cm³/mol. The maximum absolute atomic E-state index is 12.9. The monoisotopic (exact) mass is 504 g/mol. The number of carbonyl (C=O) groups is 2. The summed E-state index contributed by atoms with van der Waals surface area (Å²) in [7, 11) is 0. The number of para-hydroxylation sites is 1. The summed E-state index contributed by atoms with van der Waals surface area (Å²) >= 11 is 5.82. The Labute approximate surface area is 210 Å². The highest BCUT2D eigenvalue weighted by Crippen LogP contribution is 2.29. The lowest BCUT2D eigenvalue weighted by molar-refractivity contribution is 0.102. The van der Waals surface area contributed by atoms with Crippen molar-refractivity contribution < 1.29 is 14.7 Å². The molecule has 0 bridgehead atoms. The van der Waals surface area contributed by atoms with Crippen LogP contribution < -0.4 is 21.9 Å². The zero-order chi connectivity index (χ0) is 25.7. The van der Waals surface area contributed by atoms with E-state index in [1.165, 1.54) is 53.4 Å². The number of benzene rings is 2. The number of nitrogens with two attached hydrogens (primary N) is 1. The third-order valence-electron chi connectivity index (χ3n) is 5.20. The molecule has 0 atom stereocenters. The summed E-state index contributed by atoms with van der Waals surface area (Å²) in [5, 5.41) is 15.9. The fourth-order valence-corrected chi connectivity index (χ4v) is 3.53. The predicted octanol–water partition coefficient (Wildman–Crippen LogP) is 3.13. The lowest BCUT2D eigenvalue weighted by Crippen LogP contribution is -2.25. The van der Waals surface area contributed by atoms with Gasteiger partial charge in [0.05, 0.1) is 16.3 Å². The Morgan fingerprint density at radius 2 is 1.78 bits per heavy atom. The van der Waals surface area contributed by atoms with Crippen molar-refractivity contribution in [3.63, 3.8) is 0 Å². The zero-order valence-electron chi connectivity index (χ0n) is 18.8. The molecule has 4 rings (SSSR count). The van der Waals surface area contributed by atoms with E-state index in [0.29, 0.717) is 23.7 Å². The number of rotatable bonds is 7. The molecule has 0 unspecified atom stereocenters. The topological polar surface area (TPSA) is 152 Å². The third kappa shape index (κ3) is 5.40. The molecule has 0 saturated carbocycles. The second kappa shape index (κ2) is 10.8. The van der Waals surface area contributed by atoms with Crippen LogP contribution in [-0.2, 0) is 6.54 Å². The molecule has 11 heteroatoms. The number of phenols is 1. The molecule has 0 aliphatic heterocycles. The number of anilines is 2. The maximum atomic E-state index is 12.9. The van der Waals surface area contributed by atoms with Gasteiger partial charge in [-0.3, -0.25) is 14.4 Å². The Hall–Kier alpha value is -4.54. The van der Waals surface area contributed by atoms with E-state index < -0.39 is 11.8 Å². The standard InChI is InChI=1S/C25H21ClN6O4/c26-17-8-9-20(29-14-17)30-24(35)18-2-1-3-19(33)22(18)31-23(34)16-6-4-15(5-7-16)21-25(36)32(12-10-27)13-11-28-21/h1-9,11,13-14,33H,10,12,27H2,(H,31,34)(H,29,30,35). The highest BCUT2D eigenvalue weighted by molar-refractivity contribution is 6.30. The van der Waals surface area contributed by atoms with Gasteiger partial charge in [0, 0.05) is 42.8 Å². The number of nitrogens with zero attached hydrogens (tertiary/aromatic N) is 3. The molecule has 182 valence electrons. The summed E-state index contributed by atoms with van der Waals surface area (Å²) in [6.45, 7) is 0.671. The van der Waals surface area contributed by atoms with E-state index in [-0.39, 0.29) is 39.6 Å². The molecule has 0 aliphatic rings. The van der Waals surface area contributed by atoms with E-state index in [0.717, 1.165) is 0 Å². The third-order valence-corrected chi connectivity index (χ3v) is 5.42. The van der Waals surface area contributed by atoms with E-state index in [4.69, 9.17) is 17.3 Å². The highest BCUT2D eigenvalue weighted by Gasteiger charge is 2.19. The number of aromatic nitrogens is 3. The van der Waals surface area contributed by atoms with Crippen LogP contribution in [0.1, 0.15) is 20.7 Å². The first-order valence-electron chi connectivity index (χ1n) is 10.8. The molecule has 0 spiro atoms. The molecule has 0 aliphatic carbocycles. The number of nitrogens with one attached hydrogen (secondary N) is 2. The average Bonchev–Trinajstić information content (AvgIpc) is 2.88. The lowest BCUT2D eigenvalue weighted by Gasteiger charge is -2.13. The summed E-state index contributed by atoms with van der Waals surface area (Å²) in [6.07, 6.45) is 4.45. The van der Waals surface area contributed by atoms with Crippen molar-refractivity contribution in [1.82, 2.24) is 14.5 Å². The number of phenolic OH excluding ortho intramolecular Hbond substituents is 1. The second-order valence-corrected chi connectivity index (χ2v) is 8.05. The van der Waals surface area contributed by atoms with Crippen molar-refractivity contribution in [2.24, 2.45) is 5.73 Å². The van der Waals surface area contributed by atoms with Gasteiger partial charge < -0.3 is 26.0 Å². The van der Waals surface area contributed by atoms with Crippen LogP contribution in [0.3, 0.4) is 0 Å². The highest BCUT2D eigenvalue weighted by atomic mass is 35.5. The number of hydrogen-bond acceptors (Lipinski definition) is 7. The van der Waals surface area contributed by atoms with Crippen molar-refractivity contribution in [3.05, 3.63) is 99.7 Å². The minimum absolute atomic E-state index is 0.0330. The molecular weight excluding hydrogens is 484 g/mol. The average molecular weight is 505 g/mol. The number of pyridine rings is 1. The van der Waals surface area contributed by atoms with Gasteiger partial charge in [0.2, 0.25) is 0 Å². The molecule has 0 radical (unpaired) electrons. The van der Waals surface area contributed by atoms with Gasteiger partial charge in [-0.25, -0.2) is 9.97 Å². The smallest absolute Gasteiger partial charge is 0.277 e. The summed E-state index contributed by atoms with van der Waals surface area (Å²) in [6, 6.07) is 13.6. The van der Waals surface area contributed by atoms with Gasteiger partial charge in [-0.15, -0.1) is 0 Å². The quantitative estimate of drug-likeness (QED) is 0.282. The first kappa shape index (κ1) is 24.6. The van der Waals surface area contributed by atoms with Crippen LogP contribution in [0.5, 0.6) is 5.75 Å². The fourth-order valence-electron chi connectivity index (χ4n) is 3.42. The summed E-state index contributed by atoms with van der Waals surface area (Å²) in [4.78, 5) is 46.5. The largest absolute Gasteiger partial charge is 0.506 e. The van der Waals surface area contributed by atoms with Crippen LogP contribution in [0.25, 0.3) is 11.3 Å². The Morgan fingerprint density at radius 3 is 2.47 bits per heavy atom. The van der Waals surface area contributed by atoms with Gasteiger partial charge in [-0.05, 0) is 36.4 Å². The van der Waals surface area contributed by atoms with Crippen LogP contribution >= 0.6 is 11.6 Å². The Balaban J connectivity index is 1.55. The lowest BCUT2D eigenvalue weighted by atomic mass is 10.1. The van der Waals surface area contributed by atoms with Crippen LogP contribution in [0, 0.1) is 0 Å². The second-order valence-electron chi connectivity index (χ2n) is 7.61. The molecule has 0 saturated heterocycles. The first-order valence-corrected chi connectivity index (χ1v) is 11.2. The van der Waals surface area contributed by atoms with E-state index in [1.54, 1.807) is 24.4 Å². The van der Waals surface area contributed by atoms with E-state index in [1.807, 2.05) is 0 Å². The molecular formula is C25H21ClN6O4. The minimum atomic E-state index is -0.588. The van der Waals surface area contributed by atoms with E-state index >= 15 is 0 Å². The Bertz CT molecular complexity index is 1470. The van der Waals surface area contributed by atoms with Crippen LogP contribution in [-0.4, -0.2) is 38.0 Å². The number of amides is 2. The van der Waals surface area contributed by atoms with Gasteiger partial charge >= 0.3 is 0 Å². The molecule has 2 aromatic heterocycles. The summed E-state index contributed by atoms with van der Waals surface area (Å²) < 4.78 is 1.47. The van der Waals surface area contributed by atoms with Crippen molar-refractivity contribution in [1.29, 1.82) is 0 Å². The number of carbonyl (C=O) groups excluding carboxylic acids is 2. The minimum Gasteiger partial charge on any atom is -0.506 e. The SMILES string of the molecule is NCCn1ccnc(-c2ccc(C(=O)Nc3c(O)cccc3C(=O)Nc3ccc(Cl)cn3)cc2)c1=O. The number of hydrogen-bond donors (Lipinski definition) is 4. The molecule has 2 heterocycles. The molecule has 36 heavy (non-hydrogen) atoms. The van der Waals surface area contributed by atoms with Crippen LogP contribution in [0.2, 0.25) is 5.02 Å².